The molecule has 0 fully saturated rings. The van der Waals surface area contributed by atoms with Gasteiger partial charge in [-0.25, -0.2) is 9.37 Å². The van der Waals surface area contributed by atoms with Crippen LogP contribution in [0.5, 0.6) is 0 Å². The molecule has 0 unspecified atom stereocenters. The Morgan fingerprint density at radius 3 is 2.67 bits per heavy atom. The Morgan fingerprint density at radius 2 is 2.00 bits per heavy atom. The van der Waals surface area contributed by atoms with Crippen LogP contribution in [-0.4, -0.2) is 4.98 Å². The maximum Gasteiger partial charge on any atom is 0.141 e. The Bertz CT molecular complexity index is 555. The lowest BCUT2D eigenvalue weighted by atomic mass is 10.2. The largest absolute Gasteiger partial charge is 0.399 e. The van der Waals surface area contributed by atoms with Crippen LogP contribution in [0.25, 0.3) is 0 Å². The van der Waals surface area contributed by atoms with Crippen LogP contribution >= 0.6 is 23.2 Å². The third-order valence-corrected chi connectivity index (χ3v) is 2.76. The van der Waals surface area contributed by atoms with Gasteiger partial charge in [-0.05, 0) is 23.8 Å². The Labute approximate surface area is 114 Å². The van der Waals surface area contributed by atoms with E-state index in [-0.39, 0.29) is 5.02 Å². The van der Waals surface area contributed by atoms with Gasteiger partial charge in [0.15, 0.2) is 0 Å². The molecule has 1 heterocycles. The van der Waals surface area contributed by atoms with Crippen molar-refractivity contribution in [3.05, 3.63) is 51.9 Å². The molecule has 0 aliphatic carbocycles. The van der Waals surface area contributed by atoms with Gasteiger partial charge in [0.25, 0.3) is 0 Å². The van der Waals surface area contributed by atoms with Crippen molar-refractivity contribution < 1.29 is 4.39 Å². The second kappa shape index (κ2) is 5.42. The molecule has 6 heteroatoms. The second-order valence-corrected chi connectivity index (χ2v) is 4.50. The normalized spacial score (nSPS) is 10.4. The van der Waals surface area contributed by atoms with Gasteiger partial charge in [-0.3, -0.25) is 0 Å². The molecule has 0 saturated carbocycles. The van der Waals surface area contributed by atoms with E-state index in [0.717, 1.165) is 5.56 Å². The number of nitrogens with zero attached hydrogens (tertiary/aromatic N) is 1. The van der Waals surface area contributed by atoms with E-state index in [9.17, 15) is 4.39 Å². The molecule has 1 aromatic carbocycles. The standard InChI is InChI=1S/C12H10Cl2FN3/c13-9-3-7(1-2-10(9)15)6-17-12-5-8(16)4-11(14)18-12/h1-5H,6H2,(H3,16,17,18). The van der Waals surface area contributed by atoms with E-state index >= 15 is 0 Å². The minimum atomic E-state index is -0.439. The zero-order valence-electron chi connectivity index (χ0n) is 9.25. The van der Waals surface area contributed by atoms with Crippen LogP contribution in [0, 0.1) is 5.82 Å². The van der Waals surface area contributed by atoms with Crippen molar-refractivity contribution in [3.8, 4) is 0 Å². The number of benzene rings is 1. The molecule has 3 nitrogen and oxygen atoms in total. The maximum absolute atomic E-state index is 13.0. The number of aromatic nitrogens is 1. The highest BCUT2D eigenvalue weighted by atomic mass is 35.5. The smallest absolute Gasteiger partial charge is 0.141 e. The molecule has 0 amide bonds. The zero-order chi connectivity index (χ0) is 13.1. The quantitative estimate of drug-likeness (QED) is 0.845. The highest BCUT2D eigenvalue weighted by molar-refractivity contribution is 6.30. The summed E-state index contributed by atoms with van der Waals surface area (Å²) < 4.78 is 13.0. The monoisotopic (exact) mass is 285 g/mol. The van der Waals surface area contributed by atoms with Gasteiger partial charge in [0.2, 0.25) is 0 Å². The molecule has 94 valence electrons. The van der Waals surface area contributed by atoms with Crippen LogP contribution in [0.1, 0.15) is 5.56 Å². The Balaban J connectivity index is 2.08. The number of nitrogen functional groups attached to an aromatic ring is 1. The second-order valence-electron chi connectivity index (χ2n) is 3.71. The van der Waals surface area contributed by atoms with E-state index in [0.29, 0.717) is 23.2 Å². The fourth-order valence-electron chi connectivity index (χ4n) is 1.45. The van der Waals surface area contributed by atoms with E-state index < -0.39 is 5.82 Å². The molecule has 0 saturated heterocycles. The van der Waals surface area contributed by atoms with Gasteiger partial charge in [0.05, 0.1) is 5.02 Å². The lowest BCUT2D eigenvalue weighted by Gasteiger charge is -2.07. The number of anilines is 2. The number of nitrogens with one attached hydrogen (secondary N) is 1. The molecule has 3 N–H and O–H groups in total. The summed E-state index contributed by atoms with van der Waals surface area (Å²) in [6, 6.07) is 7.73. The van der Waals surface area contributed by atoms with E-state index in [1.54, 1.807) is 24.3 Å². The fraction of sp³-hybridized carbons (Fsp3) is 0.0833. The molecule has 1 aromatic heterocycles. The molecular weight excluding hydrogens is 276 g/mol. The average molecular weight is 286 g/mol. The van der Waals surface area contributed by atoms with Crippen molar-refractivity contribution in [1.29, 1.82) is 0 Å². The lowest BCUT2D eigenvalue weighted by Crippen LogP contribution is -2.02. The average Bonchev–Trinajstić information content (AvgIpc) is 2.29. The van der Waals surface area contributed by atoms with Gasteiger partial charge < -0.3 is 11.1 Å². The minimum Gasteiger partial charge on any atom is -0.399 e. The van der Waals surface area contributed by atoms with Crippen LogP contribution in [0.2, 0.25) is 10.2 Å². The SMILES string of the molecule is Nc1cc(Cl)nc(NCc2ccc(F)c(Cl)c2)c1. The number of rotatable bonds is 3. The van der Waals surface area contributed by atoms with Gasteiger partial charge in [-0.1, -0.05) is 29.3 Å². The van der Waals surface area contributed by atoms with E-state index in [1.165, 1.54) is 6.07 Å². The van der Waals surface area contributed by atoms with Crippen LogP contribution in [-0.2, 0) is 6.54 Å². The topological polar surface area (TPSA) is 50.9 Å². The first kappa shape index (κ1) is 12.9. The van der Waals surface area contributed by atoms with Gasteiger partial charge >= 0.3 is 0 Å². The summed E-state index contributed by atoms with van der Waals surface area (Å²) in [6.07, 6.45) is 0. The first-order valence-electron chi connectivity index (χ1n) is 5.15. The zero-order valence-corrected chi connectivity index (χ0v) is 10.8. The molecule has 0 aliphatic heterocycles. The third kappa shape index (κ3) is 3.24. The van der Waals surface area contributed by atoms with Crippen LogP contribution < -0.4 is 11.1 Å². The maximum atomic E-state index is 13.0. The van der Waals surface area contributed by atoms with Crippen LogP contribution in [0.4, 0.5) is 15.9 Å². The highest BCUT2D eigenvalue weighted by Gasteiger charge is 2.02. The molecule has 0 atom stereocenters. The number of nitrogens with two attached hydrogens (primary N) is 1. The summed E-state index contributed by atoms with van der Waals surface area (Å²) in [6.45, 7) is 0.451. The van der Waals surface area contributed by atoms with Gasteiger partial charge in [0, 0.05) is 18.3 Å². The van der Waals surface area contributed by atoms with Crippen molar-refractivity contribution in [2.24, 2.45) is 0 Å². The van der Waals surface area contributed by atoms with Crippen molar-refractivity contribution in [2.75, 3.05) is 11.1 Å². The fourth-order valence-corrected chi connectivity index (χ4v) is 1.87. The number of halogens is 3. The molecule has 0 radical (unpaired) electrons. The van der Waals surface area contributed by atoms with Gasteiger partial charge in [-0.15, -0.1) is 0 Å². The Hall–Kier alpha value is -1.52. The molecular formula is C12H10Cl2FN3. The minimum absolute atomic E-state index is 0.0906. The molecule has 0 aliphatic rings. The van der Waals surface area contributed by atoms with Crippen molar-refractivity contribution >= 4 is 34.7 Å². The summed E-state index contributed by atoms with van der Waals surface area (Å²) in [5.41, 5.74) is 6.99. The van der Waals surface area contributed by atoms with Crippen LogP contribution in [0.15, 0.2) is 30.3 Å². The van der Waals surface area contributed by atoms with Gasteiger partial charge in [-0.2, -0.15) is 0 Å². The highest BCUT2D eigenvalue weighted by Crippen LogP contribution is 2.19. The molecule has 2 aromatic rings. The lowest BCUT2D eigenvalue weighted by molar-refractivity contribution is 0.627. The van der Waals surface area contributed by atoms with Crippen molar-refractivity contribution in [1.82, 2.24) is 4.98 Å². The van der Waals surface area contributed by atoms with E-state index in [2.05, 4.69) is 10.3 Å². The number of hydrogen-bond acceptors (Lipinski definition) is 3. The first-order valence-corrected chi connectivity index (χ1v) is 5.91. The summed E-state index contributed by atoms with van der Waals surface area (Å²) in [7, 11) is 0. The summed E-state index contributed by atoms with van der Waals surface area (Å²) in [5.74, 6) is 0.117. The number of hydrogen-bond donors (Lipinski definition) is 2. The van der Waals surface area contributed by atoms with E-state index in [1.807, 2.05) is 0 Å². The predicted octanol–water partition coefficient (Wildman–Crippen LogP) is 3.72. The third-order valence-electron chi connectivity index (χ3n) is 2.27. The van der Waals surface area contributed by atoms with Gasteiger partial charge in [0.1, 0.15) is 16.8 Å². The van der Waals surface area contributed by atoms with Crippen molar-refractivity contribution in [2.45, 2.75) is 6.54 Å². The molecule has 18 heavy (non-hydrogen) atoms. The summed E-state index contributed by atoms with van der Waals surface area (Å²) >= 11 is 11.5. The van der Waals surface area contributed by atoms with Crippen molar-refractivity contribution in [3.63, 3.8) is 0 Å². The Morgan fingerprint density at radius 1 is 1.22 bits per heavy atom. The molecule has 2 rings (SSSR count). The van der Waals surface area contributed by atoms with E-state index in [4.69, 9.17) is 28.9 Å². The summed E-state index contributed by atoms with van der Waals surface area (Å²) in [5, 5.41) is 3.44. The first-order chi connectivity index (χ1) is 8.54. The van der Waals surface area contributed by atoms with Crippen LogP contribution in [0.3, 0.4) is 0 Å². The molecule has 0 spiro atoms. The number of pyridine rings is 1. The summed E-state index contributed by atoms with van der Waals surface area (Å²) in [4.78, 5) is 4.06. The molecule has 0 bridgehead atoms. The predicted molar refractivity (Wildman–Crippen MR) is 72.4 cm³/mol. The Kier molecular flexibility index (Phi) is 3.89.